The first kappa shape index (κ1) is 11.0. The van der Waals surface area contributed by atoms with Crippen LogP contribution in [0.15, 0.2) is 17.6 Å². The summed E-state index contributed by atoms with van der Waals surface area (Å²) in [5, 5.41) is 0. The maximum absolute atomic E-state index is 11.3. The van der Waals surface area contributed by atoms with Gasteiger partial charge in [-0.2, -0.15) is 0 Å². The van der Waals surface area contributed by atoms with Crippen molar-refractivity contribution < 1.29 is 4.21 Å². The van der Waals surface area contributed by atoms with Gasteiger partial charge in [0.2, 0.25) is 0 Å². The van der Waals surface area contributed by atoms with Crippen LogP contribution in [0.3, 0.4) is 0 Å². The van der Waals surface area contributed by atoms with Crippen molar-refractivity contribution in [3.8, 4) is 0 Å². The Kier molecular flexibility index (Phi) is 2.76. The quantitative estimate of drug-likeness (QED) is 0.794. The predicted octanol–water partition coefficient (Wildman–Crippen LogP) is 1.45. The van der Waals surface area contributed by atoms with Crippen molar-refractivity contribution in [1.29, 1.82) is 0 Å². The van der Waals surface area contributed by atoms with E-state index in [4.69, 9.17) is 5.73 Å². The zero-order valence-electron chi connectivity index (χ0n) is 9.26. The van der Waals surface area contributed by atoms with Crippen LogP contribution >= 0.6 is 11.3 Å². The Hall–Kier alpha value is -1.14. The zero-order chi connectivity index (χ0) is 11.8. The zero-order valence-corrected chi connectivity index (χ0v) is 10.9. The Morgan fingerprint density at radius 1 is 1.35 bits per heavy atom. The number of nitrogens with zero attached hydrogens (tertiary/aromatic N) is 2. The topological polar surface area (TPSA) is 59.2 Å². The van der Waals surface area contributed by atoms with E-state index in [1.807, 2.05) is 11.6 Å². The first-order chi connectivity index (χ1) is 8.25. The molecule has 2 N–H and O–H groups in total. The number of thiazole rings is 1. The fourth-order valence-corrected chi connectivity index (χ4v) is 3.84. The van der Waals surface area contributed by atoms with Crippen molar-refractivity contribution in [2.75, 3.05) is 35.2 Å². The molecule has 1 saturated heterocycles. The van der Waals surface area contributed by atoms with Crippen molar-refractivity contribution in [3.05, 3.63) is 17.6 Å². The highest BCUT2D eigenvalue weighted by Gasteiger charge is 2.18. The van der Waals surface area contributed by atoms with E-state index in [0.717, 1.165) is 46.2 Å². The van der Waals surface area contributed by atoms with Gasteiger partial charge in [-0.1, -0.05) is 0 Å². The minimum absolute atomic E-state index is 0.657. The molecular weight excluding hydrogens is 254 g/mol. The van der Waals surface area contributed by atoms with Crippen LogP contribution in [0.2, 0.25) is 0 Å². The number of hydrogen-bond donors (Lipinski definition) is 1. The molecule has 0 unspecified atom stereocenters. The standard InChI is InChI=1S/C11H13N3OS2/c12-10-8(14-3-5-17(15)6-4-14)1-2-9-11(10)13-7-16-9/h1-2,7H,3-6,12H2. The number of benzene rings is 1. The molecule has 0 radical (unpaired) electrons. The van der Waals surface area contributed by atoms with Crippen LogP contribution in [0, 0.1) is 0 Å². The molecule has 4 nitrogen and oxygen atoms in total. The van der Waals surface area contributed by atoms with Crippen LogP contribution in [0.5, 0.6) is 0 Å². The molecule has 1 aromatic heterocycles. The van der Waals surface area contributed by atoms with E-state index in [2.05, 4.69) is 16.0 Å². The maximum Gasteiger partial charge on any atom is 0.106 e. The summed E-state index contributed by atoms with van der Waals surface area (Å²) in [5.41, 5.74) is 10.6. The van der Waals surface area contributed by atoms with Gasteiger partial charge in [0, 0.05) is 35.4 Å². The predicted molar refractivity (Wildman–Crippen MR) is 74.1 cm³/mol. The second-order valence-corrected chi connectivity index (χ2v) is 6.62. The fourth-order valence-electron chi connectivity index (χ4n) is 2.10. The molecule has 0 aliphatic carbocycles. The molecule has 0 atom stereocenters. The van der Waals surface area contributed by atoms with Gasteiger partial charge < -0.3 is 10.6 Å². The highest BCUT2D eigenvalue weighted by atomic mass is 32.2. The first-order valence-corrected chi connectivity index (χ1v) is 7.84. The van der Waals surface area contributed by atoms with Crippen molar-refractivity contribution in [2.24, 2.45) is 0 Å². The lowest BCUT2D eigenvalue weighted by atomic mass is 10.2. The summed E-state index contributed by atoms with van der Waals surface area (Å²) in [4.78, 5) is 6.50. The Morgan fingerprint density at radius 3 is 2.88 bits per heavy atom. The van der Waals surface area contributed by atoms with Crippen LogP contribution in [0.1, 0.15) is 0 Å². The van der Waals surface area contributed by atoms with Gasteiger partial charge in [-0.3, -0.25) is 4.21 Å². The van der Waals surface area contributed by atoms with Crippen molar-refractivity contribution >= 4 is 43.7 Å². The molecule has 2 aromatic rings. The summed E-state index contributed by atoms with van der Waals surface area (Å²) >= 11 is 1.60. The molecule has 17 heavy (non-hydrogen) atoms. The van der Waals surface area contributed by atoms with Crippen LogP contribution in [0.4, 0.5) is 11.4 Å². The van der Waals surface area contributed by atoms with Crippen LogP contribution in [0.25, 0.3) is 10.2 Å². The minimum atomic E-state index is -0.657. The number of nitrogen functional groups attached to an aromatic ring is 1. The Bertz CT molecular complexity index is 571. The molecular formula is C11H13N3OS2. The molecule has 0 bridgehead atoms. The number of rotatable bonds is 1. The number of nitrogens with two attached hydrogens (primary N) is 1. The van der Waals surface area contributed by atoms with Gasteiger partial charge in [0.1, 0.15) is 5.52 Å². The summed E-state index contributed by atoms with van der Waals surface area (Å²) in [5.74, 6) is 1.46. The molecule has 0 amide bonds. The molecule has 0 saturated carbocycles. The van der Waals surface area contributed by atoms with E-state index in [-0.39, 0.29) is 0 Å². The van der Waals surface area contributed by atoms with E-state index in [0.29, 0.717) is 0 Å². The van der Waals surface area contributed by atoms with E-state index in [9.17, 15) is 4.21 Å². The average molecular weight is 267 g/mol. The lowest BCUT2D eigenvalue weighted by Crippen LogP contribution is -2.38. The fraction of sp³-hybridized carbons (Fsp3) is 0.364. The van der Waals surface area contributed by atoms with Gasteiger partial charge in [0.25, 0.3) is 0 Å². The van der Waals surface area contributed by atoms with Crippen molar-refractivity contribution in [3.63, 3.8) is 0 Å². The molecule has 1 aromatic carbocycles. The van der Waals surface area contributed by atoms with E-state index >= 15 is 0 Å². The van der Waals surface area contributed by atoms with Crippen LogP contribution in [-0.2, 0) is 10.8 Å². The summed E-state index contributed by atoms with van der Waals surface area (Å²) < 4.78 is 12.5. The van der Waals surface area contributed by atoms with Gasteiger partial charge in [-0.05, 0) is 12.1 Å². The molecule has 1 aliphatic heterocycles. The summed E-state index contributed by atoms with van der Waals surface area (Å²) in [7, 11) is -0.657. The first-order valence-electron chi connectivity index (χ1n) is 5.47. The summed E-state index contributed by atoms with van der Waals surface area (Å²) in [6.45, 7) is 1.62. The van der Waals surface area contributed by atoms with Gasteiger partial charge in [-0.15, -0.1) is 11.3 Å². The number of fused-ring (bicyclic) bond motifs is 1. The van der Waals surface area contributed by atoms with Crippen LogP contribution in [-0.4, -0.2) is 33.8 Å². The Labute approximate surface area is 106 Å². The number of hydrogen-bond acceptors (Lipinski definition) is 5. The molecule has 90 valence electrons. The minimum Gasteiger partial charge on any atom is -0.395 e. The van der Waals surface area contributed by atoms with Gasteiger partial charge in [0.15, 0.2) is 0 Å². The molecule has 3 rings (SSSR count). The summed E-state index contributed by atoms with van der Waals surface area (Å²) in [6.07, 6.45) is 0. The average Bonchev–Trinajstić information content (AvgIpc) is 2.80. The molecule has 1 aliphatic rings. The highest BCUT2D eigenvalue weighted by molar-refractivity contribution is 7.85. The normalized spacial score (nSPS) is 17.8. The molecule has 2 heterocycles. The van der Waals surface area contributed by atoms with E-state index < -0.39 is 10.8 Å². The number of aromatic nitrogens is 1. The smallest absolute Gasteiger partial charge is 0.106 e. The van der Waals surface area contributed by atoms with Crippen molar-refractivity contribution in [1.82, 2.24) is 4.98 Å². The Morgan fingerprint density at radius 2 is 2.12 bits per heavy atom. The van der Waals surface area contributed by atoms with Gasteiger partial charge >= 0.3 is 0 Å². The molecule has 6 heteroatoms. The summed E-state index contributed by atoms with van der Waals surface area (Å²) in [6, 6.07) is 4.11. The highest BCUT2D eigenvalue weighted by Crippen LogP contribution is 2.32. The third kappa shape index (κ3) is 1.91. The Balaban J connectivity index is 1.99. The van der Waals surface area contributed by atoms with E-state index in [1.165, 1.54) is 0 Å². The molecule has 1 fully saturated rings. The van der Waals surface area contributed by atoms with Gasteiger partial charge in [-0.25, -0.2) is 4.98 Å². The molecule has 0 spiro atoms. The third-order valence-corrected chi connectivity index (χ3v) is 5.11. The second-order valence-electron chi connectivity index (χ2n) is 4.03. The third-order valence-electron chi connectivity index (χ3n) is 3.04. The lowest BCUT2D eigenvalue weighted by Gasteiger charge is -2.29. The lowest BCUT2D eigenvalue weighted by molar-refractivity contribution is 0.673. The number of anilines is 2. The van der Waals surface area contributed by atoms with Crippen molar-refractivity contribution in [2.45, 2.75) is 0 Å². The monoisotopic (exact) mass is 267 g/mol. The maximum atomic E-state index is 11.3. The largest absolute Gasteiger partial charge is 0.395 e. The SMILES string of the molecule is Nc1c(N2CCS(=O)CC2)ccc2scnc12. The second kappa shape index (κ2) is 4.27. The van der Waals surface area contributed by atoms with Crippen LogP contribution < -0.4 is 10.6 Å². The van der Waals surface area contributed by atoms with Gasteiger partial charge in [0.05, 0.1) is 21.6 Å². The van der Waals surface area contributed by atoms with E-state index in [1.54, 1.807) is 11.3 Å².